The van der Waals surface area contributed by atoms with Crippen LogP contribution in [0.3, 0.4) is 0 Å². The third-order valence-corrected chi connectivity index (χ3v) is 4.29. The van der Waals surface area contributed by atoms with E-state index >= 15 is 0 Å². The van der Waals surface area contributed by atoms with Crippen molar-refractivity contribution >= 4 is 22.7 Å². The second kappa shape index (κ2) is 7.50. The number of para-hydroxylation sites is 1. The molecule has 3 rings (SSSR count). The summed E-state index contributed by atoms with van der Waals surface area (Å²) in [5.41, 5.74) is -2.60. The maximum atomic E-state index is 14.6. The summed E-state index contributed by atoms with van der Waals surface area (Å²) >= 11 is 0. The van der Waals surface area contributed by atoms with Crippen LogP contribution in [-0.4, -0.2) is 22.9 Å². The topological polar surface area (TPSA) is 65.4 Å². The van der Waals surface area contributed by atoms with Gasteiger partial charge in [-0.1, -0.05) is 18.2 Å². The zero-order chi connectivity index (χ0) is 21.5. The number of fused-ring (bicyclic) bond motifs is 1. The summed E-state index contributed by atoms with van der Waals surface area (Å²) in [4.78, 5) is 36.8. The van der Waals surface area contributed by atoms with Gasteiger partial charge < -0.3 is 9.30 Å². The van der Waals surface area contributed by atoms with Crippen LogP contribution in [0.25, 0.3) is 16.6 Å². The third-order valence-electron chi connectivity index (χ3n) is 4.29. The van der Waals surface area contributed by atoms with Crippen molar-refractivity contribution in [1.82, 2.24) is 4.57 Å². The van der Waals surface area contributed by atoms with Crippen molar-refractivity contribution in [1.29, 1.82) is 0 Å². The standard InChI is InChI=1S/C20H13F4NO4/c1-3-29-20(28)19(27)10-8-25(11-7-5-4-6-9(11)2)17-12(18(10)26)13(21)14(22)15(23)16(17)24/h4-8H,3H2,1-2H3. The Morgan fingerprint density at radius 2 is 1.62 bits per heavy atom. The van der Waals surface area contributed by atoms with Crippen LogP contribution in [0.5, 0.6) is 0 Å². The van der Waals surface area contributed by atoms with Gasteiger partial charge in [-0.3, -0.25) is 9.59 Å². The molecule has 0 saturated carbocycles. The molecule has 5 nitrogen and oxygen atoms in total. The first-order valence-electron chi connectivity index (χ1n) is 8.39. The molecule has 150 valence electrons. The molecule has 9 heteroatoms. The molecule has 0 saturated heterocycles. The summed E-state index contributed by atoms with van der Waals surface area (Å²) in [5.74, 6) is -10.9. The highest BCUT2D eigenvalue weighted by Crippen LogP contribution is 2.28. The maximum absolute atomic E-state index is 14.6. The number of benzene rings is 2. The average Bonchev–Trinajstić information content (AvgIpc) is 2.70. The maximum Gasteiger partial charge on any atom is 0.379 e. The van der Waals surface area contributed by atoms with Gasteiger partial charge in [-0.25, -0.2) is 22.4 Å². The van der Waals surface area contributed by atoms with Gasteiger partial charge in [0.05, 0.1) is 23.1 Å². The number of esters is 1. The molecular weight excluding hydrogens is 394 g/mol. The largest absolute Gasteiger partial charge is 0.460 e. The summed E-state index contributed by atoms with van der Waals surface area (Å²) in [5, 5.41) is -1.19. The Hall–Kier alpha value is -3.49. The number of pyridine rings is 1. The molecule has 0 spiro atoms. The number of ketones is 1. The molecule has 1 heterocycles. The molecule has 3 aromatic rings. The van der Waals surface area contributed by atoms with E-state index in [1.54, 1.807) is 19.1 Å². The van der Waals surface area contributed by atoms with E-state index in [0.29, 0.717) is 5.56 Å². The number of halogens is 4. The highest BCUT2D eigenvalue weighted by atomic mass is 19.2. The molecule has 0 aliphatic carbocycles. The average molecular weight is 407 g/mol. The van der Waals surface area contributed by atoms with E-state index < -0.39 is 56.9 Å². The SMILES string of the molecule is CCOC(=O)C(=O)c1cn(-c2ccccc2C)c2c(F)c(F)c(F)c(F)c2c1=O. The first-order valence-corrected chi connectivity index (χ1v) is 8.39. The summed E-state index contributed by atoms with van der Waals surface area (Å²) in [6.07, 6.45) is 0.784. The van der Waals surface area contributed by atoms with Crippen molar-refractivity contribution in [3.63, 3.8) is 0 Å². The van der Waals surface area contributed by atoms with Crippen LogP contribution >= 0.6 is 0 Å². The van der Waals surface area contributed by atoms with Crippen LogP contribution in [0.1, 0.15) is 22.8 Å². The van der Waals surface area contributed by atoms with Gasteiger partial charge in [-0.15, -0.1) is 0 Å². The van der Waals surface area contributed by atoms with Crippen molar-refractivity contribution in [3.8, 4) is 5.69 Å². The number of aromatic nitrogens is 1. The molecule has 0 radical (unpaired) electrons. The van der Waals surface area contributed by atoms with E-state index in [2.05, 4.69) is 4.74 Å². The molecule has 0 aliphatic rings. The molecular formula is C20H13F4NO4. The fraction of sp³-hybridized carbons (Fsp3) is 0.150. The number of aryl methyl sites for hydroxylation is 1. The number of hydrogen-bond acceptors (Lipinski definition) is 4. The molecule has 0 amide bonds. The van der Waals surface area contributed by atoms with E-state index in [0.717, 1.165) is 10.8 Å². The monoisotopic (exact) mass is 407 g/mol. The first kappa shape index (κ1) is 20.2. The molecule has 0 N–H and O–H groups in total. The number of carbonyl (C=O) groups excluding carboxylic acids is 2. The minimum Gasteiger partial charge on any atom is -0.460 e. The number of hydrogen-bond donors (Lipinski definition) is 0. The molecule has 0 aliphatic heterocycles. The van der Waals surface area contributed by atoms with Crippen molar-refractivity contribution < 1.29 is 31.9 Å². The number of carbonyl (C=O) groups is 2. The molecule has 2 aromatic carbocycles. The van der Waals surface area contributed by atoms with Crippen molar-refractivity contribution in [2.45, 2.75) is 13.8 Å². The first-order chi connectivity index (χ1) is 13.7. The lowest BCUT2D eigenvalue weighted by atomic mass is 10.1. The summed E-state index contributed by atoms with van der Waals surface area (Å²) in [6.45, 7) is 2.83. The van der Waals surface area contributed by atoms with Crippen molar-refractivity contribution in [2.24, 2.45) is 0 Å². The van der Waals surface area contributed by atoms with Gasteiger partial charge in [0.25, 0.3) is 5.78 Å². The van der Waals surface area contributed by atoms with Gasteiger partial charge in [0.1, 0.15) is 0 Å². The fourth-order valence-electron chi connectivity index (χ4n) is 2.93. The lowest BCUT2D eigenvalue weighted by molar-refractivity contribution is -0.137. The summed E-state index contributed by atoms with van der Waals surface area (Å²) < 4.78 is 62.1. The fourth-order valence-corrected chi connectivity index (χ4v) is 2.93. The Morgan fingerprint density at radius 3 is 2.24 bits per heavy atom. The highest BCUT2D eigenvalue weighted by Gasteiger charge is 2.30. The van der Waals surface area contributed by atoms with Gasteiger partial charge in [-0.05, 0) is 25.5 Å². The minimum atomic E-state index is -2.20. The van der Waals surface area contributed by atoms with Gasteiger partial charge in [0.2, 0.25) is 5.43 Å². The molecule has 0 unspecified atom stereocenters. The zero-order valence-electron chi connectivity index (χ0n) is 15.2. The predicted molar refractivity (Wildman–Crippen MR) is 95.1 cm³/mol. The van der Waals surface area contributed by atoms with E-state index in [4.69, 9.17) is 0 Å². The van der Waals surface area contributed by atoms with Crippen LogP contribution in [0.4, 0.5) is 17.6 Å². The van der Waals surface area contributed by atoms with E-state index in [1.165, 1.54) is 19.1 Å². The Bertz CT molecular complexity index is 1230. The van der Waals surface area contributed by atoms with Crippen LogP contribution in [0.15, 0.2) is 35.3 Å². The van der Waals surface area contributed by atoms with E-state index in [-0.39, 0.29) is 12.3 Å². The second-order valence-electron chi connectivity index (χ2n) is 6.06. The van der Waals surface area contributed by atoms with E-state index in [9.17, 15) is 31.9 Å². The smallest absolute Gasteiger partial charge is 0.379 e. The molecule has 0 bridgehead atoms. The summed E-state index contributed by atoms with van der Waals surface area (Å²) in [7, 11) is 0. The predicted octanol–water partition coefficient (Wildman–Crippen LogP) is 3.60. The van der Waals surface area contributed by atoms with Crippen LogP contribution < -0.4 is 5.43 Å². The second-order valence-corrected chi connectivity index (χ2v) is 6.06. The van der Waals surface area contributed by atoms with Gasteiger partial charge in [0.15, 0.2) is 23.3 Å². The highest BCUT2D eigenvalue weighted by molar-refractivity contribution is 6.40. The van der Waals surface area contributed by atoms with Gasteiger partial charge >= 0.3 is 5.97 Å². The molecule has 1 aromatic heterocycles. The normalized spacial score (nSPS) is 11.0. The Labute approximate surface area is 161 Å². The number of rotatable bonds is 4. The Morgan fingerprint density at radius 1 is 1.00 bits per heavy atom. The number of ether oxygens (including phenoxy) is 1. The third kappa shape index (κ3) is 3.18. The minimum absolute atomic E-state index is 0.153. The lowest BCUT2D eigenvalue weighted by Gasteiger charge is -2.16. The number of Topliss-reactive ketones (excluding diaryl/α,β-unsaturated/α-hetero) is 1. The number of nitrogens with zero attached hydrogens (tertiary/aromatic N) is 1. The molecule has 0 atom stereocenters. The molecule has 29 heavy (non-hydrogen) atoms. The van der Waals surface area contributed by atoms with Crippen molar-refractivity contribution in [3.05, 3.63) is 75.1 Å². The zero-order valence-corrected chi connectivity index (χ0v) is 15.2. The quantitative estimate of drug-likeness (QED) is 0.166. The Balaban J connectivity index is 2.53. The van der Waals surface area contributed by atoms with Gasteiger partial charge in [-0.2, -0.15) is 0 Å². The van der Waals surface area contributed by atoms with Crippen molar-refractivity contribution in [2.75, 3.05) is 6.61 Å². The van der Waals surface area contributed by atoms with Gasteiger partial charge in [0, 0.05) is 11.9 Å². The Kier molecular flexibility index (Phi) is 5.23. The van der Waals surface area contributed by atoms with Crippen LogP contribution in [-0.2, 0) is 9.53 Å². The van der Waals surface area contributed by atoms with E-state index in [1.807, 2.05) is 0 Å². The van der Waals surface area contributed by atoms with Crippen LogP contribution in [0.2, 0.25) is 0 Å². The summed E-state index contributed by atoms with van der Waals surface area (Å²) in [6, 6.07) is 6.16. The van der Waals surface area contributed by atoms with Crippen LogP contribution in [0, 0.1) is 30.2 Å². The lowest BCUT2D eigenvalue weighted by Crippen LogP contribution is -2.27. The molecule has 0 fully saturated rings.